The second-order valence-electron chi connectivity index (χ2n) is 6.38. The third-order valence-electron chi connectivity index (χ3n) is 5.02. The zero-order valence-electron chi connectivity index (χ0n) is 11.8. The lowest BCUT2D eigenvalue weighted by Gasteiger charge is -2.29. The predicted molar refractivity (Wildman–Crippen MR) is 76.3 cm³/mol. The molecule has 1 aromatic rings. The molecule has 2 fully saturated rings. The summed E-state index contributed by atoms with van der Waals surface area (Å²) in [6.07, 6.45) is 1.15. The Morgan fingerprint density at radius 2 is 1.65 bits per heavy atom. The SMILES string of the molecule is CC(C(O)c1ccc(O)cc1)N1CC2CC(O)CC2C1. The van der Waals surface area contributed by atoms with Crippen LogP contribution in [-0.4, -0.2) is 45.5 Å². The van der Waals surface area contributed by atoms with Crippen LogP contribution in [0.25, 0.3) is 0 Å². The summed E-state index contributed by atoms with van der Waals surface area (Å²) < 4.78 is 0. The summed E-state index contributed by atoms with van der Waals surface area (Å²) in [5.41, 5.74) is 0.840. The van der Waals surface area contributed by atoms with Crippen molar-refractivity contribution in [3.8, 4) is 5.75 Å². The lowest BCUT2D eigenvalue weighted by molar-refractivity contribution is 0.0626. The Hall–Kier alpha value is -1.10. The number of aromatic hydroxyl groups is 1. The maximum Gasteiger partial charge on any atom is 0.115 e. The molecule has 0 spiro atoms. The lowest BCUT2D eigenvalue weighted by Crippen LogP contribution is -2.36. The lowest BCUT2D eigenvalue weighted by atomic mass is 10.0. The Morgan fingerprint density at radius 3 is 2.20 bits per heavy atom. The molecule has 1 saturated heterocycles. The number of likely N-dealkylation sites (tertiary alicyclic amines) is 1. The van der Waals surface area contributed by atoms with Crippen LogP contribution >= 0.6 is 0 Å². The van der Waals surface area contributed by atoms with Crippen LogP contribution in [0.4, 0.5) is 0 Å². The summed E-state index contributed by atoms with van der Waals surface area (Å²) in [6, 6.07) is 6.83. The molecule has 20 heavy (non-hydrogen) atoms. The second-order valence-corrected chi connectivity index (χ2v) is 6.38. The van der Waals surface area contributed by atoms with Gasteiger partial charge in [0.1, 0.15) is 5.75 Å². The van der Waals surface area contributed by atoms with E-state index < -0.39 is 6.10 Å². The number of fused-ring (bicyclic) bond motifs is 1. The van der Waals surface area contributed by atoms with Crippen LogP contribution in [0.2, 0.25) is 0 Å². The molecule has 1 aliphatic heterocycles. The summed E-state index contributed by atoms with van der Waals surface area (Å²) in [4.78, 5) is 2.33. The van der Waals surface area contributed by atoms with Crippen molar-refractivity contribution in [3.05, 3.63) is 29.8 Å². The molecule has 110 valence electrons. The highest BCUT2D eigenvalue weighted by Crippen LogP contribution is 2.40. The fourth-order valence-electron chi connectivity index (χ4n) is 3.79. The minimum absolute atomic E-state index is 0.0577. The molecule has 0 aromatic heterocycles. The molecule has 2 aliphatic rings. The number of phenolic OH excluding ortho intramolecular Hbond substituents is 1. The molecule has 4 unspecified atom stereocenters. The summed E-state index contributed by atoms with van der Waals surface area (Å²) in [7, 11) is 0. The minimum atomic E-state index is -0.542. The number of benzene rings is 1. The van der Waals surface area contributed by atoms with E-state index in [2.05, 4.69) is 11.8 Å². The van der Waals surface area contributed by atoms with Gasteiger partial charge in [-0.2, -0.15) is 0 Å². The van der Waals surface area contributed by atoms with Gasteiger partial charge in [0.05, 0.1) is 12.2 Å². The number of phenols is 1. The third kappa shape index (κ3) is 2.55. The molecule has 4 heteroatoms. The fourth-order valence-corrected chi connectivity index (χ4v) is 3.79. The molecule has 1 heterocycles. The van der Waals surface area contributed by atoms with Crippen molar-refractivity contribution in [2.75, 3.05) is 13.1 Å². The van der Waals surface area contributed by atoms with Gasteiger partial charge in [0.2, 0.25) is 0 Å². The van der Waals surface area contributed by atoms with Crippen LogP contribution < -0.4 is 0 Å². The van der Waals surface area contributed by atoms with E-state index in [9.17, 15) is 15.3 Å². The third-order valence-corrected chi connectivity index (χ3v) is 5.02. The Kier molecular flexibility index (Phi) is 3.71. The van der Waals surface area contributed by atoms with Gasteiger partial charge in [0.25, 0.3) is 0 Å². The Morgan fingerprint density at radius 1 is 1.10 bits per heavy atom. The molecule has 1 saturated carbocycles. The van der Waals surface area contributed by atoms with Gasteiger partial charge >= 0.3 is 0 Å². The van der Waals surface area contributed by atoms with Gasteiger partial charge in [-0.1, -0.05) is 12.1 Å². The molecule has 0 amide bonds. The average molecular weight is 277 g/mol. The molecule has 0 radical (unpaired) electrons. The fraction of sp³-hybridized carbons (Fsp3) is 0.625. The van der Waals surface area contributed by atoms with Crippen molar-refractivity contribution in [2.45, 2.75) is 38.0 Å². The monoisotopic (exact) mass is 277 g/mol. The number of hydrogen-bond acceptors (Lipinski definition) is 4. The summed E-state index contributed by atoms with van der Waals surface area (Å²) in [5.74, 6) is 1.39. The first-order valence-electron chi connectivity index (χ1n) is 7.43. The van der Waals surface area contributed by atoms with E-state index in [4.69, 9.17) is 0 Å². The molecule has 0 bridgehead atoms. The zero-order valence-corrected chi connectivity index (χ0v) is 11.8. The maximum absolute atomic E-state index is 10.5. The molecule has 4 nitrogen and oxygen atoms in total. The maximum atomic E-state index is 10.5. The summed E-state index contributed by atoms with van der Waals surface area (Å²) in [6.45, 7) is 3.99. The molecule has 1 aliphatic carbocycles. The van der Waals surface area contributed by atoms with Crippen molar-refractivity contribution in [3.63, 3.8) is 0 Å². The van der Waals surface area contributed by atoms with Gasteiger partial charge < -0.3 is 15.3 Å². The Balaban J connectivity index is 1.65. The van der Waals surface area contributed by atoms with Crippen LogP contribution in [0.3, 0.4) is 0 Å². The van der Waals surface area contributed by atoms with Crippen LogP contribution in [-0.2, 0) is 0 Å². The number of aliphatic hydroxyl groups is 2. The van der Waals surface area contributed by atoms with E-state index in [1.165, 1.54) is 0 Å². The average Bonchev–Trinajstić information content (AvgIpc) is 2.95. The molecular formula is C16H23NO3. The largest absolute Gasteiger partial charge is 0.508 e. The van der Waals surface area contributed by atoms with Gasteiger partial charge in [-0.05, 0) is 49.3 Å². The number of aliphatic hydroxyl groups excluding tert-OH is 2. The van der Waals surface area contributed by atoms with Crippen LogP contribution in [0.5, 0.6) is 5.75 Å². The molecule has 1 aromatic carbocycles. The number of nitrogens with zero attached hydrogens (tertiary/aromatic N) is 1. The van der Waals surface area contributed by atoms with Crippen LogP contribution in [0, 0.1) is 11.8 Å². The van der Waals surface area contributed by atoms with E-state index in [0.29, 0.717) is 11.8 Å². The van der Waals surface area contributed by atoms with Crippen molar-refractivity contribution < 1.29 is 15.3 Å². The Bertz CT molecular complexity index is 447. The first-order chi connectivity index (χ1) is 9.54. The topological polar surface area (TPSA) is 63.9 Å². The molecule has 4 atom stereocenters. The van der Waals surface area contributed by atoms with Gasteiger partial charge in [0, 0.05) is 19.1 Å². The first-order valence-corrected chi connectivity index (χ1v) is 7.43. The van der Waals surface area contributed by atoms with Gasteiger partial charge in [-0.3, -0.25) is 4.90 Å². The number of hydrogen-bond donors (Lipinski definition) is 3. The quantitative estimate of drug-likeness (QED) is 0.784. The molecule has 3 rings (SSSR count). The number of rotatable bonds is 3. The van der Waals surface area contributed by atoms with Crippen LogP contribution in [0.1, 0.15) is 31.4 Å². The van der Waals surface area contributed by atoms with Crippen molar-refractivity contribution in [2.24, 2.45) is 11.8 Å². The van der Waals surface area contributed by atoms with E-state index in [0.717, 1.165) is 31.5 Å². The minimum Gasteiger partial charge on any atom is -0.508 e. The van der Waals surface area contributed by atoms with Crippen molar-refractivity contribution >= 4 is 0 Å². The van der Waals surface area contributed by atoms with E-state index in [-0.39, 0.29) is 17.9 Å². The van der Waals surface area contributed by atoms with E-state index >= 15 is 0 Å². The smallest absolute Gasteiger partial charge is 0.115 e. The van der Waals surface area contributed by atoms with Crippen molar-refractivity contribution in [1.29, 1.82) is 0 Å². The second kappa shape index (κ2) is 5.35. The highest BCUT2D eigenvalue weighted by Gasteiger charge is 2.42. The summed E-state index contributed by atoms with van der Waals surface area (Å²) >= 11 is 0. The Labute approximate surface area is 119 Å². The highest BCUT2D eigenvalue weighted by atomic mass is 16.3. The first kappa shape index (κ1) is 13.9. The normalized spacial score (nSPS) is 33.0. The van der Waals surface area contributed by atoms with Gasteiger partial charge in [-0.15, -0.1) is 0 Å². The predicted octanol–water partition coefficient (Wildman–Crippen LogP) is 1.52. The standard InChI is InChI=1S/C16H23NO3/c1-10(16(20)11-2-4-14(18)5-3-11)17-8-12-6-15(19)7-13(12)9-17/h2-5,10,12-13,15-16,18-20H,6-9H2,1H3. The van der Waals surface area contributed by atoms with Gasteiger partial charge in [-0.25, -0.2) is 0 Å². The van der Waals surface area contributed by atoms with E-state index in [1.807, 2.05) is 0 Å². The highest BCUT2D eigenvalue weighted by molar-refractivity contribution is 5.28. The molecule has 3 N–H and O–H groups in total. The summed E-state index contributed by atoms with van der Waals surface area (Å²) in [5, 5.41) is 29.5. The van der Waals surface area contributed by atoms with Gasteiger partial charge in [0.15, 0.2) is 0 Å². The van der Waals surface area contributed by atoms with Crippen molar-refractivity contribution in [1.82, 2.24) is 4.90 Å². The van der Waals surface area contributed by atoms with Crippen LogP contribution in [0.15, 0.2) is 24.3 Å². The van der Waals surface area contributed by atoms with E-state index in [1.54, 1.807) is 24.3 Å². The zero-order chi connectivity index (χ0) is 14.3. The molecular weight excluding hydrogens is 254 g/mol.